The van der Waals surface area contributed by atoms with Crippen LogP contribution in [0.1, 0.15) is 60.2 Å². The van der Waals surface area contributed by atoms with Gasteiger partial charge in [0.05, 0.1) is 0 Å². The molecule has 0 fully saturated rings. The van der Waals surface area contributed by atoms with Crippen molar-refractivity contribution in [2.24, 2.45) is 0 Å². The Labute approximate surface area is 128 Å². The molecule has 0 aromatic heterocycles. The van der Waals surface area contributed by atoms with Gasteiger partial charge in [-0.1, -0.05) is 48.0 Å². The van der Waals surface area contributed by atoms with Crippen molar-refractivity contribution >= 4 is 0 Å². The molecule has 3 rings (SSSR count). The molecule has 1 heteroatoms. The van der Waals surface area contributed by atoms with Gasteiger partial charge in [-0.05, 0) is 62.3 Å². The molecule has 1 unspecified atom stereocenters. The molecular weight excluding hydrogens is 254 g/mol. The van der Waals surface area contributed by atoms with Crippen LogP contribution in [-0.2, 0) is 12.8 Å². The van der Waals surface area contributed by atoms with E-state index in [0.717, 1.165) is 0 Å². The van der Waals surface area contributed by atoms with Gasteiger partial charge in [-0.15, -0.1) is 0 Å². The third kappa shape index (κ3) is 3.19. The average molecular weight is 279 g/mol. The highest BCUT2D eigenvalue weighted by Crippen LogP contribution is 2.26. The van der Waals surface area contributed by atoms with Crippen molar-refractivity contribution in [3.63, 3.8) is 0 Å². The zero-order valence-corrected chi connectivity index (χ0v) is 13.3. The van der Waals surface area contributed by atoms with E-state index in [1.165, 1.54) is 36.0 Å². The summed E-state index contributed by atoms with van der Waals surface area (Å²) in [5.41, 5.74) is 7.21. The molecule has 1 aliphatic rings. The molecule has 0 bridgehead atoms. The van der Waals surface area contributed by atoms with Gasteiger partial charge in [0.1, 0.15) is 0 Å². The summed E-state index contributed by atoms with van der Waals surface area (Å²) < 4.78 is 0. The molecule has 0 aliphatic heterocycles. The second-order valence-electron chi connectivity index (χ2n) is 6.41. The van der Waals surface area contributed by atoms with Gasteiger partial charge in [0.2, 0.25) is 0 Å². The van der Waals surface area contributed by atoms with E-state index >= 15 is 0 Å². The van der Waals surface area contributed by atoms with E-state index in [1.807, 2.05) is 0 Å². The first kappa shape index (κ1) is 14.3. The number of benzene rings is 2. The summed E-state index contributed by atoms with van der Waals surface area (Å²) in [5, 5.41) is 3.73. The molecule has 2 atom stereocenters. The highest BCUT2D eigenvalue weighted by molar-refractivity contribution is 5.36. The molecular formula is C20H25N. The molecule has 0 spiro atoms. The molecule has 0 amide bonds. The molecule has 110 valence electrons. The SMILES string of the molecule is Cc1cccc([C@H](C)NC(C)c2ccc3c(c2)CCC3)c1. The fourth-order valence-corrected chi connectivity index (χ4v) is 3.37. The van der Waals surface area contributed by atoms with Gasteiger partial charge in [0.15, 0.2) is 0 Å². The second-order valence-corrected chi connectivity index (χ2v) is 6.41. The summed E-state index contributed by atoms with van der Waals surface area (Å²) in [6.45, 7) is 6.67. The lowest BCUT2D eigenvalue weighted by atomic mass is 10.00. The van der Waals surface area contributed by atoms with Gasteiger partial charge < -0.3 is 5.32 Å². The molecule has 1 aliphatic carbocycles. The Morgan fingerprint density at radius 1 is 0.857 bits per heavy atom. The maximum atomic E-state index is 3.73. The van der Waals surface area contributed by atoms with Crippen molar-refractivity contribution in [2.75, 3.05) is 0 Å². The van der Waals surface area contributed by atoms with Crippen LogP contribution in [-0.4, -0.2) is 0 Å². The molecule has 0 saturated carbocycles. The van der Waals surface area contributed by atoms with Crippen molar-refractivity contribution in [3.05, 3.63) is 70.3 Å². The molecule has 0 saturated heterocycles. The third-order valence-electron chi connectivity index (χ3n) is 4.66. The van der Waals surface area contributed by atoms with Crippen LogP contribution in [0.3, 0.4) is 0 Å². The summed E-state index contributed by atoms with van der Waals surface area (Å²) >= 11 is 0. The predicted octanol–water partition coefficient (Wildman–Crippen LogP) is 4.90. The third-order valence-corrected chi connectivity index (χ3v) is 4.66. The molecule has 0 heterocycles. The van der Waals surface area contributed by atoms with Crippen molar-refractivity contribution in [1.29, 1.82) is 0 Å². The number of nitrogens with one attached hydrogen (secondary N) is 1. The first-order valence-electron chi connectivity index (χ1n) is 8.08. The van der Waals surface area contributed by atoms with Gasteiger partial charge >= 0.3 is 0 Å². The Bertz CT molecular complexity index is 629. The summed E-state index contributed by atoms with van der Waals surface area (Å²) in [6.07, 6.45) is 3.83. The highest BCUT2D eigenvalue weighted by Gasteiger charge is 2.15. The Balaban J connectivity index is 1.72. The van der Waals surface area contributed by atoms with Crippen LogP contribution in [0.2, 0.25) is 0 Å². The minimum absolute atomic E-state index is 0.369. The van der Waals surface area contributed by atoms with Crippen LogP contribution in [0.5, 0.6) is 0 Å². The second kappa shape index (κ2) is 6.03. The van der Waals surface area contributed by atoms with Crippen LogP contribution in [0.15, 0.2) is 42.5 Å². The van der Waals surface area contributed by atoms with Gasteiger partial charge in [-0.25, -0.2) is 0 Å². The molecule has 1 N–H and O–H groups in total. The number of hydrogen-bond acceptors (Lipinski definition) is 1. The van der Waals surface area contributed by atoms with Crippen LogP contribution in [0.25, 0.3) is 0 Å². The van der Waals surface area contributed by atoms with E-state index in [9.17, 15) is 0 Å². The van der Waals surface area contributed by atoms with E-state index in [2.05, 4.69) is 68.6 Å². The monoisotopic (exact) mass is 279 g/mol. The van der Waals surface area contributed by atoms with Gasteiger partial charge in [0, 0.05) is 12.1 Å². The van der Waals surface area contributed by atoms with Crippen LogP contribution >= 0.6 is 0 Å². The maximum Gasteiger partial charge on any atom is 0.0297 e. The van der Waals surface area contributed by atoms with E-state index < -0.39 is 0 Å². The molecule has 2 aromatic carbocycles. The lowest BCUT2D eigenvalue weighted by Gasteiger charge is -2.21. The van der Waals surface area contributed by atoms with Crippen LogP contribution in [0, 0.1) is 6.92 Å². The molecule has 0 radical (unpaired) electrons. The largest absolute Gasteiger partial charge is 0.304 e. The topological polar surface area (TPSA) is 12.0 Å². The van der Waals surface area contributed by atoms with Gasteiger partial charge in [0.25, 0.3) is 0 Å². The summed E-state index contributed by atoms with van der Waals surface area (Å²) in [7, 11) is 0. The van der Waals surface area contributed by atoms with E-state index in [4.69, 9.17) is 0 Å². The zero-order chi connectivity index (χ0) is 14.8. The quantitative estimate of drug-likeness (QED) is 0.839. The van der Waals surface area contributed by atoms with Crippen molar-refractivity contribution in [1.82, 2.24) is 5.32 Å². The first-order valence-corrected chi connectivity index (χ1v) is 8.08. The predicted molar refractivity (Wildman–Crippen MR) is 89.6 cm³/mol. The normalized spacial score (nSPS) is 16.5. The van der Waals surface area contributed by atoms with Gasteiger partial charge in [-0.2, -0.15) is 0 Å². The highest BCUT2D eigenvalue weighted by atomic mass is 14.9. The zero-order valence-electron chi connectivity index (χ0n) is 13.3. The summed E-state index contributed by atoms with van der Waals surface area (Å²) in [5.74, 6) is 0. The molecule has 1 nitrogen and oxygen atoms in total. The van der Waals surface area contributed by atoms with Crippen LogP contribution < -0.4 is 5.32 Å². The Kier molecular flexibility index (Phi) is 4.12. The molecule has 2 aromatic rings. The lowest BCUT2D eigenvalue weighted by molar-refractivity contribution is 0.494. The molecule has 21 heavy (non-hydrogen) atoms. The first-order chi connectivity index (χ1) is 10.1. The Hall–Kier alpha value is -1.60. The Morgan fingerprint density at radius 3 is 2.33 bits per heavy atom. The van der Waals surface area contributed by atoms with Crippen molar-refractivity contribution in [3.8, 4) is 0 Å². The van der Waals surface area contributed by atoms with E-state index in [0.29, 0.717) is 12.1 Å². The minimum Gasteiger partial charge on any atom is -0.304 e. The van der Waals surface area contributed by atoms with Crippen molar-refractivity contribution < 1.29 is 0 Å². The van der Waals surface area contributed by atoms with Gasteiger partial charge in [-0.3, -0.25) is 0 Å². The standard InChI is InChI=1S/C20H25N/c1-14-6-4-8-18(12-14)15(2)21-16(3)19-11-10-17-7-5-9-20(17)13-19/h4,6,8,10-13,15-16,21H,5,7,9H2,1-3H3/t15-,16?/m0/s1. The minimum atomic E-state index is 0.369. The van der Waals surface area contributed by atoms with Crippen molar-refractivity contribution in [2.45, 2.75) is 52.1 Å². The fraction of sp³-hybridized carbons (Fsp3) is 0.400. The lowest BCUT2D eigenvalue weighted by Crippen LogP contribution is -2.22. The Morgan fingerprint density at radius 2 is 1.57 bits per heavy atom. The summed E-state index contributed by atoms with van der Waals surface area (Å²) in [6, 6.07) is 16.6. The maximum absolute atomic E-state index is 3.73. The number of rotatable bonds is 4. The number of fused-ring (bicyclic) bond motifs is 1. The summed E-state index contributed by atoms with van der Waals surface area (Å²) in [4.78, 5) is 0. The van der Waals surface area contributed by atoms with E-state index in [1.54, 1.807) is 11.1 Å². The van der Waals surface area contributed by atoms with Crippen LogP contribution in [0.4, 0.5) is 0 Å². The number of hydrogen-bond donors (Lipinski definition) is 1. The average Bonchev–Trinajstić information content (AvgIpc) is 2.94. The fourth-order valence-electron chi connectivity index (χ4n) is 3.37. The smallest absolute Gasteiger partial charge is 0.0297 e. The number of aryl methyl sites for hydroxylation is 3. The van der Waals surface area contributed by atoms with E-state index in [-0.39, 0.29) is 0 Å².